The van der Waals surface area contributed by atoms with Crippen molar-refractivity contribution in [1.29, 1.82) is 0 Å². The molecule has 1 heterocycles. The van der Waals surface area contributed by atoms with E-state index in [2.05, 4.69) is 29.3 Å². The van der Waals surface area contributed by atoms with E-state index in [1.807, 2.05) is 48.5 Å². The van der Waals surface area contributed by atoms with Gasteiger partial charge in [0, 0.05) is 31.8 Å². The second kappa shape index (κ2) is 13.4. The monoisotopic (exact) mass is 552 g/mol. The van der Waals surface area contributed by atoms with Gasteiger partial charge in [-0.2, -0.15) is 4.99 Å². The average Bonchev–Trinajstić information content (AvgIpc) is 3.32. The first-order valence-corrected chi connectivity index (χ1v) is 14.5. The maximum atomic E-state index is 13.5. The Labute approximate surface area is 240 Å². The molecule has 0 bridgehead atoms. The normalized spacial score (nSPS) is 14.8. The largest absolute Gasteiger partial charge is 0.481 e. The minimum absolute atomic E-state index is 0.0828. The van der Waals surface area contributed by atoms with Crippen LogP contribution in [0.3, 0.4) is 0 Å². The van der Waals surface area contributed by atoms with Crippen LogP contribution in [0.5, 0.6) is 0 Å². The van der Waals surface area contributed by atoms with Crippen LogP contribution in [-0.2, 0) is 27.2 Å². The summed E-state index contributed by atoms with van der Waals surface area (Å²) in [6.45, 7) is 1.46. The summed E-state index contributed by atoms with van der Waals surface area (Å²) in [6.07, 6.45) is 4.73. The van der Waals surface area contributed by atoms with Gasteiger partial charge < -0.3 is 14.7 Å². The summed E-state index contributed by atoms with van der Waals surface area (Å²) < 4.78 is 5.71. The zero-order valence-corrected chi connectivity index (χ0v) is 23.3. The molecule has 212 valence electrons. The zero-order valence-electron chi connectivity index (χ0n) is 23.3. The molecule has 0 radical (unpaired) electrons. The first kappa shape index (κ1) is 28.3. The van der Waals surface area contributed by atoms with Gasteiger partial charge in [-0.3, -0.25) is 9.59 Å². The molecule has 41 heavy (non-hydrogen) atoms. The molecule has 2 amide bonds. The standard InChI is InChI=1S/C34H36N2O5/c37-32(38)18-7-2-11-24-12-10-13-25(21-24)22-31(33(39)36-19-8-1-9-20-36)35-34(40)41-23-30-28-16-5-3-14-26(28)27-15-4-6-17-29(27)30/h3-6,10,12-17,21,30H,1-2,7-9,11,18-20,22-23H2,(H,37,38)/b35-31+. The van der Waals surface area contributed by atoms with Crippen molar-refractivity contribution in [3.8, 4) is 11.1 Å². The Morgan fingerprint density at radius 2 is 1.49 bits per heavy atom. The number of likely N-dealkylation sites (tertiary alicyclic amines) is 1. The van der Waals surface area contributed by atoms with Crippen molar-refractivity contribution in [2.24, 2.45) is 4.99 Å². The number of benzene rings is 3. The van der Waals surface area contributed by atoms with Crippen LogP contribution in [0.25, 0.3) is 11.1 Å². The molecule has 0 spiro atoms. The highest BCUT2D eigenvalue weighted by Crippen LogP contribution is 2.44. The Morgan fingerprint density at radius 1 is 0.829 bits per heavy atom. The number of carboxylic acids is 1. The topological polar surface area (TPSA) is 96.3 Å². The second-order valence-electron chi connectivity index (χ2n) is 10.8. The minimum atomic E-state index is -0.788. The lowest BCUT2D eigenvalue weighted by molar-refractivity contribution is -0.137. The molecular formula is C34H36N2O5. The van der Waals surface area contributed by atoms with Crippen molar-refractivity contribution in [3.05, 3.63) is 95.1 Å². The Hall–Kier alpha value is -4.26. The van der Waals surface area contributed by atoms with E-state index < -0.39 is 12.1 Å². The third kappa shape index (κ3) is 7.09. The lowest BCUT2D eigenvalue weighted by Crippen LogP contribution is -2.41. The van der Waals surface area contributed by atoms with Crippen LogP contribution >= 0.6 is 0 Å². The smallest absolute Gasteiger partial charge is 0.434 e. The van der Waals surface area contributed by atoms with E-state index in [1.165, 1.54) is 0 Å². The molecule has 1 aliphatic carbocycles. The number of carbonyl (C=O) groups excluding carboxylic acids is 2. The number of carbonyl (C=O) groups is 3. The number of amides is 2. The molecule has 3 aromatic rings. The number of aliphatic carboxylic acids is 1. The Kier molecular flexibility index (Phi) is 9.24. The summed E-state index contributed by atoms with van der Waals surface area (Å²) in [5, 5.41) is 8.89. The average molecular weight is 553 g/mol. The number of ether oxygens (including phenoxy) is 1. The van der Waals surface area contributed by atoms with Gasteiger partial charge in [-0.05, 0) is 71.9 Å². The van der Waals surface area contributed by atoms with Gasteiger partial charge in [-0.1, -0.05) is 72.8 Å². The third-order valence-electron chi connectivity index (χ3n) is 7.92. The summed E-state index contributed by atoms with van der Waals surface area (Å²) in [6, 6.07) is 24.2. The quantitative estimate of drug-likeness (QED) is 0.231. The Balaban J connectivity index is 1.31. The van der Waals surface area contributed by atoms with Crippen molar-refractivity contribution in [1.82, 2.24) is 4.90 Å². The molecule has 1 fully saturated rings. The van der Waals surface area contributed by atoms with Gasteiger partial charge in [0.1, 0.15) is 12.3 Å². The van der Waals surface area contributed by atoms with E-state index in [9.17, 15) is 14.4 Å². The predicted octanol–water partition coefficient (Wildman–Crippen LogP) is 6.43. The molecule has 2 aliphatic rings. The van der Waals surface area contributed by atoms with E-state index >= 15 is 0 Å². The van der Waals surface area contributed by atoms with E-state index in [1.54, 1.807) is 4.90 Å². The number of rotatable bonds is 10. The van der Waals surface area contributed by atoms with Crippen LogP contribution in [0.1, 0.15) is 66.7 Å². The molecule has 0 atom stereocenters. The van der Waals surface area contributed by atoms with E-state index in [0.29, 0.717) is 19.5 Å². The molecule has 1 N–H and O–H groups in total. The third-order valence-corrected chi connectivity index (χ3v) is 7.92. The summed E-state index contributed by atoms with van der Waals surface area (Å²) >= 11 is 0. The molecule has 0 aromatic heterocycles. The highest BCUT2D eigenvalue weighted by Gasteiger charge is 2.29. The number of unbranched alkanes of at least 4 members (excludes halogenated alkanes) is 1. The van der Waals surface area contributed by atoms with Gasteiger partial charge in [0.05, 0.1) is 0 Å². The van der Waals surface area contributed by atoms with Crippen LogP contribution in [0.4, 0.5) is 4.79 Å². The summed E-state index contributed by atoms with van der Waals surface area (Å²) in [5.74, 6) is -1.09. The summed E-state index contributed by atoms with van der Waals surface area (Å²) in [7, 11) is 0. The van der Waals surface area contributed by atoms with Gasteiger partial charge in [0.15, 0.2) is 0 Å². The molecule has 7 heteroatoms. The molecule has 1 saturated heterocycles. The molecular weight excluding hydrogens is 516 g/mol. The van der Waals surface area contributed by atoms with Crippen molar-refractivity contribution in [2.75, 3.05) is 19.7 Å². The van der Waals surface area contributed by atoms with Crippen LogP contribution in [0.2, 0.25) is 0 Å². The lowest BCUT2D eigenvalue weighted by Gasteiger charge is -2.27. The first-order valence-electron chi connectivity index (χ1n) is 14.5. The summed E-state index contributed by atoms with van der Waals surface area (Å²) in [5.41, 5.74) is 6.68. The molecule has 0 unspecified atom stereocenters. The zero-order chi connectivity index (χ0) is 28.6. The van der Waals surface area contributed by atoms with E-state index in [0.717, 1.165) is 65.5 Å². The van der Waals surface area contributed by atoms with E-state index in [-0.39, 0.29) is 37.0 Å². The molecule has 5 rings (SSSR count). The Bertz CT molecular complexity index is 1390. The highest BCUT2D eigenvalue weighted by atomic mass is 16.5. The summed E-state index contributed by atoms with van der Waals surface area (Å²) in [4.78, 5) is 43.4. The number of carboxylic acid groups (broad SMARTS) is 1. The fraction of sp³-hybridized carbons (Fsp3) is 0.353. The van der Waals surface area contributed by atoms with Crippen molar-refractivity contribution in [3.63, 3.8) is 0 Å². The molecule has 7 nitrogen and oxygen atoms in total. The number of hydrogen-bond acceptors (Lipinski definition) is 4. The second-order valence-corrected chi connectivity index (χ2v) is 10.8. The Morgan fingerprint density at radius 3 is 2.17 bits per heavy atom. The van der Waals surface area contributed by atoms with Crippen LogP contribution < -0.4 is 0 Å². The molecule has 1 aliphatic heterocycles. The van der Waals surface area contributed by atoms with Crippen molar-refractivity contribution < 1.29 is 24.2 Å². The number of hydrogen-bond donors (Lipinski definition) is 1. The van der Waals surface area contributed by atoms with Crippen molar-refractivity contribution in [2.45, 2.75) is 57.3 Å². The van der Waals surface area contributed by atoms with Crippen molar-refractivity contribution >= 4 is 23.7 Å². The van der Waals surface area contributed by atoms with Crippen LogP contribution in [0.15, 0.2) is 77.8 Å². The van der Waals surface area contributed by atoms with Gasteiger partial charge in [0.25, 0.3) is 5.91 Å². The van der Waals surface area contributed by atoms with Gasteiger partial charge in [0.2, 0.25) is 0 Å². The van der Waals surface area contributed by atoms with E-state index in [4.69, 9.17) is 9.84 Å². The molecule has 0 saturated carbocycles. The fourth-order valence-corrected chi connectivity index (χ4v) is 5.87. The number of aliphatic imine (C=N–C) groups is 1. The van der Waals surface area contributed by atoms with Gasteiger partial charge in [-0.25, -0.2) is 4.79 Å². The number of nitrogens with zero attached hydrogens (tertiary/aromatic N) is 2. The predicted molar refractivity (Wildman–Crippen MR) is 158 cm³/mol. The van der Waals surface area contributed by atoms with Crippen LogP contribution in [0, 0.1) is 0 Å². The molecule has 3 aromatic carbocycles. The maximum absolute atomic E-state index is 13.5. The lowest BCUT2D eigenvalue weighted by atomic mass is 9.98. The van der Waals surface area contributed by atoms with Gasteiger partial charge >= 0.3 is 12.1 Å². The number of fused-ring (bicyclic) bond motifs is 3. The first-order chi connectivity index (χ1) is 20.0. The fourth-order valence-electron chi connectivity index (χ4n) is 5.87. The van der Waals surface area contributed by atoms with Crippen LogP contribution in [-0.4, -0.2) is 53.4 Å². The number of aryl methyl sites for hydroxylation is 1. The van der Waals surface area contributed by atoms with Gasteiger partial charge in [-0.15, -0.1) is 0 Å². The maximum Gasteiger partial charge on any atom is 0.434 e. The minimum Gasteiger partial charge on any atom is -0.481 e. The SMILES string of the molecule is O=C(O)CCCCc1cccc(C/C(=N\C(=O)OCC2c3ccccc3-c3ccccc32)C(=O)N2CCCCC2)c1. The highest BCUT2D eigenvalue weighted by molar-refractivity contribution is 6.40. The number of piperidine rings is 1.